The van der Waals surface area contributed by atoms with Crippen LogP contribution in [0.5, 0.6) is 11.5 Å². The van der Waals surface area contributed by atoms with Crippen molar-refractivity contribution in [2.24, 2.45) is 0 Å². The van der Waals surface area contributed by atoms with Crippen molar-refractivity contribution in [1.29, 1.82) is 0 Å². The predicted octanol–water partition coefficient (Wildman–Crippen LogP) is 4.99. The third-order valence-corrected chi connectivity index (χ3v) is 5.97. The van der Waals surface area contributed by atoms with Gasteiger partial charge in [-0.05, 0) is 66.9 Å². The molecule has 1 saturated heterocycles. The molecular weight excluding hydrogens is 512 g/mol. The molecule has 2 N–H and O–H groups in total. The third kappa shape index (κ3) is 5.52. The summed E-state index contributed by atoms with van der Waals surface area (Å²) in [4.78, 5) is 50.3. The molecule has 1 heterocycles. The molecule has 0 spiro atoms. The van der Waals surface area contributed by atoms with Gasteiger partial charge in [0.1, 0.15) is 12.2 Å². The normalized spacial score (nSPS) is 14.4. The van der Waals surface area contributed by atoms with Crippen molar-refractivity contribution in [3.8, 4) is 11.5 Å². The van der Waals surface area contributed by atoms with Crippen LogP contribution in [-0.4, -0.2) is 35.5 Å². The molecule has 0 radical (unpaired) electrons. The first-order chi connectivity index (χ1) is 18.2. The summed E-state index contributed by atoms with van der Waals surface area (Å²) < 4.78 is 11.6. The van der Waals surface area contributed by atoms with E-state index in [4.69, 9.17) is 26.2 Å². The molecule has 38 heavy (non-hydrogen) atoms. The lowest BCUT2D eigenvalue weighted by molar-refractivity contribution is -0.122. The van der Waals surface area contributed by atoms with Gasteiger partial charge in [0.15, 0.2) is 11.5 Å². The molecule has 4 rings (SSSR count). The second kappa shape index (κ2) is 11.2. The summed E-state index contributed by atoms with van der Waals surface area (Å²) in [5, 5.41) is 11.4. The molecule has 0 bridgehead atoms. The quantitative estimate of drug-likeness (QED) is 0.308. The molecule has 3 aromatic carbocycles. The van der Waals surface area contributed by atoms with Crippen LogP contribution >= 0.6 is 11.6 Å². The maximum absolute atomic E-state index is 13.2. The molecule has 10 heteroatoms. The van der Waals surface area contributed by atoms with Gasteiger partial charge in [0.2, 0.25) is 0 Å². The van der Waals surface area contributed by atoms with Crippen molar-refractivity contribution in [2.45, 2.75) is 20.5 Å². The van der Waals surface area contributed by atoms with Crippen molar-refractivity contribution in [2.75, 3.05) is 11.5 Å². The number of anilines is 1. The number of nitrogens with zero attached hydrogens (tertiary/aromatic N) is 1. The maximum Gasteiger partial charge on any atom is 0.335 e. The molecule has 0 unspecified atom stereocenters. The zero-order chi connectivity index (χ0) is 27.4. The fourth-order valence-electron chi connectivity index (χ4n) is 3.83. The van der Waals surface area contributed by atoms with Crippen LogP contribution in [0.4, 0.5) is 10.5 Å². The van der Waals surface area contributed by atoms with E-state index in [2.05, 4.69) is 5.32 Å². The van der Waals surface area contributed by atoms with Crippen LogP contribution in [0.15, 0.2) is 66.2 Å². The van der Waals surface area contributed by atoms with Gasteiger partial charge in [0, 0.05) is 0 Å². The minimum atomic E-state index is -1.03. The van der Waals surface area contributed by atoms with Crippen molar-refractivity contribution in [1.82, 2.24) is 5.32 Å². The number of carbonyl (C=O) groups is 4. The second-order valence-electron chi connectivity index (χ2n) is 8.30. The number of carbonyl (C=O) groups excluding carboxylic acids is 3. The van der Waals surface area contributed by atoms with E-state index >= 15 is 0 Å². The summed E-state index contributed by atoms with van der Waals surface area (Å²) in [6.07, 6.45) is 1.33. The van der Waals surface area contributed by atoms with Gasteiger partial charge in [-0.1, -0.05) is 41.9 Å². The monoisotopic (exact) mass is 534 g/mol. The molecule has 0 saturated carbocycles. The summed E-state index contributed by atoms with van der Waals surface area (Å²) in [5.41, 5.74) is 2.05. The maximum atomic E-state index is 13.2. The van der Waals surface area contributed by atoms with Crippen LogP contribution < -0.4 is 19.7 Å². The predicted molar refractivity (Wildman–Crippen MR) is 141 cm³/mol. The molecule has 0 atom stereocenters. The molecule has 0 aromatic heterocycles. The molecule has 3 aromatic rings. The summed E-state index contributed by atoms with van der Waals surface area (Å²) in [6.45, 7) is 3.91. The van der Waals surface area contributed by atoms with Gasteiger partial charge in [-0.2, -0.15) is 0 Å². The van der Waals surface area contributed by atoms with Crippen LogP contribution in [0.2, 0.25) is 5.02 Å². The number of ether oxygens (including phenoxy) is 2. The van der Waals surface area contributed by atoms with Crippen LogP contribution in [0.3, 0.4) is 0 Å². The van der Waals surface area contributed by atoms with Gasteiger partial charge < -0.3 is 14.6 Å². The highest BCUT2D eigenvalue weighted by Crippen LogP contribution is 2.38. The number of imide groups is 2. The first-order valence-electron chi connectivity index (χ1n) is 11.6. The number of hydrogen-bond donors (Lipinski definition) is 2. The number of hydrogen-bond acceptors (Lipinski definition) is 6. The van der Waals surface area contributed by atoms with Gasteiger partial charge in [-0.3, -0.25) is 14.9 Å². The second-order valence-corrected chi connectivity index (χ2v) is 8.71. The van der Waals surface area contributed by atoms with Gasteiger partial charge in [0.05, 0.1) is 22.9 Å². The number of carboxylic acids is 1. The summed E-state index contributed by atoms with van der Waals surface area (Å²) in [6, 6.07) is 15.3. The lowest BCUT2D eigenvalue weighted by atomic mass is 10.1. The van der Waals surface area contributed by atoms with Crippen LogP contribution in [0, 0.1) is 6.92 Å². The number of amides is 4. The molecule has 194 valence electrons. The zero-order valence-electron chi connectivity index (χ0n) is 20.5. The average molecular weight is 535 g/mol. The molecule has 1 aliphatic heterocycles. The Morgan fingerprint density at radius 3 is 2.42 bits per heavy atom. The first kappa shape index (κ1) is 26.4. The van der Waals surface area contributed by atoms with Crippen LogP contribution in [-0.2, 0) is 16.2 Å². The minimum Gasteiger partial charge on any atom is -0.490 e. The number of benzene rings is 3. The highest BCUT2D eigenvalue weighted by molar-refractivity contribution is 6.39. The van der Waals surface area contributed by atoms with E-state index in [1.54, 1.807) is 56.3 Å². The van der Waals surface area contributed by atoms with E-state index in [1.165, 1.54) is 24.3 Å². The highest BCUT2D eigenvalue weighted by Gasteiger charge is 2.37. The van der Waals surface area contributed by atoms with Gasteiger partial charge in [0.25, 0.3) is 11.8 Å². The van der Waals surface area contributed by atoms with E-state index in [-0.39, 0.29) is 40.9 Å². The third-order valence-electron chi connectivity index (χ3n) is 5.68. The Kier molecular flexibility index (Phi) is 7.78. The Labute approximate surface area is 223 Å². The highest BCUT2D eigenvalue weighted by atomic mass is 35.5. The molecule has 9 nitrogen and oxygen atoms in total. The summed E-state index contributed by atoms with van der Waals surface area (Å²) in [7, 11) is 0. The number of carboxylic acid groups (broad SMARTS) is 1. The molecule has 1 aliphatic rings. The summed E-state index contributed by atoms with van der Waals surface area (Å²) >= 11 is 6.50. The minimum absolute atomic E-state index is 0.0918. The average Bonchev–Trinajstić information content (AvgIpc) is 2.87. The zero-order valence-corrected chi connectivity index (χ0v) is 21.2. The van der Waals surface area contributed by atoms with Gasteiger partial charge >= 0.3 is 12.0 Å². The van der Waals surface area contributed by atoms with E-state index in [9.17, 15) is 19.2 Å². The fourth-order valence-corrected chi connectivity index (χ4v) is 4.10. The van der Waals surface area contributed by atoms with Crippen molar-refractivity contribution >= 4 is 47.2 Å². The van der Waals surface area contributed by atoms with E-state index in [0.717, 1.165) is 4.90 Å². The molecule has 1 fully saturated rings. The van der Waals surface area contributed by atoms with E-state index in [0.29, 0.717) is 22.4 Å². The number of halogens is 1. The standard InChI is InChI=1S/C28H23ClN2O7/c1-3-37-23-14-18(13-21(29)24(23)38-15-17-8-10-19(11-9-17)27(34)35)12-20-25(32)30-28(36)31(26(20)33)22-7-5-4-6-16(22)2/h4-14H,3,15H2,1-2H3,(H,34,35)(H,30,32,36)/b20-12+. The Morgan fingerprint density at radius 2 is 1.76 bits per heavy atom. The topological polar surface area (TPSA) is 122 Å². The molecular formula is C28H23ClN2O7. The SMILES string of the molecule is CCOc1cc(/C=C2\C(=O)NC(=O)N(c3ccccc3C)C2=O)cc(Cl)c1OCc1ccc(C(=O)O)cc1. The van der Waals surface area contributed by atoms with E-state index in [1.807, 2.05) is 0 Å². The van der Waals surface area contributed by atoms with Crippen LogP contribution in [0.1, 0.15) is 34.0 Å². The number of para-hydroxylation sites is 1. The first-order valence-corrected chi connectivity index (χ1v) is 12.0. The smallest absolute Gasteiger partial charge is 0.335 e. The lowest BCUT2D eigenvalue weighted by Crippen LogP contribution is -2.54. The molecule has 0 aliphatic carbocycles. The number of urea groups is 1. The van der Waals surface area contributed by atoms with Gasteiger partial charge in [-0.15, -0.1) is 0 Å². The Hall–Kier alpha value is -4.63. The Morgan fingerprint density at radius 1 is 1.05 bits per heavy atom. The number of nitrogens with one attached hydrogen (secondary N) is 1. The number of aryl methyl sites for hydroxylation is 1. The largest absolute Gasteiger partial charge is 0.490 e. The molecule has 4 amide bonds. The van der Waals surface area contributed by atoms with Crippen molar-refractivity contribution in [3.63, 3.8) is 0 Å². The van der Waals surface area contributed by atoms with E-state index < -0.39 is 23.8 Å². The lowest BCUT2D eigenvalue weighted by Gasteiger charge is -2.27. The summed E-state index contributed by atoms with van der Waals surface area (Å²) in [5.74, 6) is -2.10. The number of barbiturate groups is 1. The van der Waals surface area contributed by atoms with Crippen molar-refractivity contribution in [3.05, 3.63) is 93.5 Å². The number of rotatable bonds is 8. The van der Waals surface area contributed by atoms with Crippen molar-refractivity contribution < 1.29 is 33.8 Å². The Bertz CT molecular complexity index is 1460. The fraction of sp³-hybridized carbons (Fsp3) is 0.143. The number of aromatic carboxylic acids is 1. The van der Waals surface area contributed by atoms with Gasteiger partial charge in [-0.25, -0.2) is 14.5 Å². The van der Waals surface area contributed by atoms with Crippen LogP contribution in [0.25, 0.3) is 6.08 Å². The Balaban J connectivity index is 1.64.